The van der Waals surface area contributed by atoms with Gasteiger partial charge in [0, 0.05) is 29.8 Å². The molecule has 2 aromatic rings. The van der Waals surface area contributed by atoms with Gasteiger partial charge in [-0.25, -0.2) is 0 Å². The summed E-state index contributed by atoms with van der Waals surface area (Å²) in [5.74, 6) is 0.0433. The molecule has 0 unspecified atom stereocenters. The molecule has 1 aromatic carbocycles. The number of ketones is 1. The van der Waals surface area contributed by atoms with E-state index in [0.717, 1.165) is 23.7 Å². The number of nitriles is 1. The van der Waals surface area contributed by atoms with E-state index in [-0.39, 0.29) is 28.9 Å². The van der Waals surface area contributed by atoms with Crippen molar-refractivity contribution in [1.82, 2.24) is 15.2 Å². The molecule has 8 nitrogen and oxygen atoms in total. The second kappa shape index (κ2) is 8.89. The van der Waals surface area contributed by atoms with Crippen LogP contribution in [0.3, 0.4) is 0 Å². The van der Waals surface area contributed by atoms with E-state index in [1.54, 1.807) is 18.1 Å². The highest BCUT2D eigenvalue weighted by atomic mass is 16.5. The lowest BCUT2D eigenvalue weighted by Gasteiger charge is -2.25. The Morgan fingerprint density at radius 2 is 2.18 bits per heavy atom. The summed E-state index contributed by atoms with van der Waals surface area (Å²) in [6, 6.07) is 7.99. The van der Waals surface area contributed by atoms with Gasteiger partial charge < -0.3 is 19.9 Å². The fourth-order valence-corrected chi connectivity index (χ4v) is 5.13. The number of aromatic nitrogens is 1. The predicted octanol–water partition coefficient (Wildman–Crippen LogP) is 3.18. The average molecular weight is 451 g/mol. The van der Waals surface area contributed by atoms with Crippen molar-refractivity contribution in [3.05, 3.63) is 30.0 Å². The molecule has 174 valence electrons. The van der Waals surface area contributed by atoms with E-state index in [9.17, 15) is 19.6 Å². The Labute approximate surface area is 193 Å². The molecule has 3 atom stereocenters. The minimum Gasteiger partial charge on any atom is -0.496 e. The maximum absolute atomic E-state index is 13.5. The molecular formula is C25H30N4O4. The average Bonchev–Trinajstić information content (AvgIpc) is 3.48. The van der Waals surface area contributed by atoms with Crippen molar-refractivity contribution in [2.45, 2.75) is 58.0 Å². The number of nitrogens with zero attached hydrogens (tertiary/aromatic N) is 2. The largest absolute Gasteiger partial charge is 0.496 e. The highest BCUT2D eigenvalue weighted by Crippen LogP contribution is 2.36. The fourth-order valence-electron chi connectivity index (χ4n) is 5.13. The highest BCUT2D eigenvalue weighted by Gasteiger charge is 2.44. The number of nitrogens with one attached hydrogen (secondary N) is 2. The lowest BCUT2D eigenvalue weighted by molar-refractivity contribution is -0.126. The van der Waals surface area contributed by atoms with E-state index < -0.39 is 12.1 Å². The Morgan fingerprint density at radius 3 is 2.85 bits per heavy atom. The Balaban J connectivity index is 1.53. The van der Waals surface area contributed by atoms with E-state index in [1.807, 2.05) is 32.0 Å². The maximum Gasteiger partial charge on any atom is 0.271 e. The van der Waals surface area contributed by atoms with Gasteiger partial charge in [-0.05, 0) is 49.3 Å². The maximum atomic E-state index is 13.5. The number of benzene rings is 1. The molecule has 1 aliphatic heterocycles. The molecule has 0 radical (unpaired) electrons. The van der Waals surface area contributed by atoms with E-state index in [0.29, 0.717) is 37.3 Å². The number of ether oxygens (including phenoxy) is 1. The number of Topliss-reactive ketones (excluding diaryl/α,β-unsaturated/α-hetero) is 1. The van der Waals surface area contributed by atoms with Crippen LogP contribution >= 0.6 is 0 Å². The van der Waals surface area contributed by atoms with Crippen molar-refractivity contribution in [3.63, 3.8) is 0 Å². The SMILES string of the molecule is COc1cccc2[nH]c(C(=O)N3CC(C)(C)C[C@H]3C(=O)N[C@H](C#N)C[C@@H]3CCCC3=O)cc12. The molecule has 1 aliphatic carbocycles. The minimum atomic E-state index is -0.748. The zero-order chi connectivity index (χ0) is 23.8. The highest BCUT2D eigenvalue weighted by molar-refractivity contribution is 6.01. The summed E-state index contributed by atoms with van der Waals surface area (Å²) < 4.78 is 5.39. The van der Waals surface area contributed by atoms with Crippen LogP contribution in [-0.2, 0) is 9.59 Å². The molecule has 1 saturated carbocycles. The topological polar surface area (TPSA) is 115 Å². The molecule has 33 heavy (non-hydrogen) atoms. The van der Waals surface area contributed by atoms with Crippen molar-refractivity contribution < 1.29 is 19.1 Å². The van der Waals surface area contributed by atoms with E-state index in [4.69, 9.17) is 4.74 Å². The van der Waals surface area contributed by atoms with Gasteiger partial charge in [0.25, 0.3) is 5.91 Å². The summed E-state index contributed by atoms with van der Waals surface area (Å²) in [5.41, 5.74) is 0.923. The first kappa shape index (κ1) is 22.8. The van der Waals surface area contributed by atoms with Crippen molar-refractivity contribution in [2.75, 3.05) is 13.7 Å². The number of amides is 2. The molecule has 2 amide bonds. The number of carbonyl (C=O) groups excluding carboxylic acids is 3. The van der Waals surface area contributed by atoms with Gasteiger partial charge >= 0.3 is 0 Å². The molecule has 0 spiro atoms. The van der Waals surface area contributed by atoms with Crippen molar-refractivity contribution in [3.8, 4) is 11.8 Å². The van der Waals surface area contributed by atoms with Crippen molar-refractivity contribution >= 4 is 28.5 Å². The lowest BCUT2D eigenvalue weighted by atomic mass is 9.90. The van der Waals surface area contributed by atoms with Gasteiger partial charge in [-0.1, -0.05) is 19.9 Å². The van der Waals surface area contributed by atoms with Gasteiger partial charge in [-0.2, -0.15) is 5.26 Å². The van der Waals surface area contributed by atoms with E-state index >= 15 is 0 Å². The zero-order valence-electron chi connectivity index (χ0n) is 19.3. The number of hydrogen-bond acceptors (Lipinski definition) is 5. The molecule has 2 N–H and O–H groups in total. The molecule has 0 bridgehead atoms. The third-order valence-electron chi connectivity index (χ3n) is 6.78. The smallest absolute Gasteiger partial charge is 0.271 e. The summed E-state index contributed by atoms with van der Waals surface area (Å²) in [6.45, 7) is 4.47. The van der Waals surface area contributed by atoms with Crippen LogP contribution in [-0.4, -0.2) is 53.2 Å². The third kappa shape index (κ3) is 4.58. The van der Waals surface area contributed by atoms with Crippen LogP contribution in [0, 0.1) is 22.7 Å². The molecule has 8 heteroatoms. The van der Waals surface area contributed by atoms with Gasteiger partial charge in [0.1, 0.15) is 29.3 Å². The minimum absolute atomic E-state index is 0.164. The Kier molecular flexibility index (Phi) is 6.15. The molecular weight excluding hydrogens is 420 g/mol. The standard InChI is InChI=1S/C25H30N4O4/c1-25(2)12-20(23(31)27-16(13-26)10-15-6-4-8-21(15)30)29(14-25)24(32)19-11-17-18(28-19)7-5-9-22(17)33-3/h5,7,9,11,15-16,20,28H,4,6,8,10,12,14H2,1-3H3,(H,27,31)/t15-,16-,20-/m0/s1. The second-order valence-electron chi connectivity index (χ2n) is 9.90. The number of aromatic amines is 1. The van der Waals surface area contributed by atoms with Crippen LogP contribution in [0.4, 0.5) is 0 Å². The quantitative estimate of drug-likeness (QED) is 0.701. The summed E-state index contributed by atoms with van der Waals surface area (Å²) >= 11 is 0. The first-order valence-electron chi connectivity index (χ1n) is 11.4. The number of rotatable bonds is 6. The first-order chi connectivity index (χ1) is 15.7. The van der Waals surface area contributed by atoms with Crippen molar-refractivity contribution in [2.24, 2.45) is 11.3 Å². The van der Waals surface area contributed by atoms with Crippen LogP contribution in [0.2, 0.25) is 0 Å². The van der Waals surface area contributed by atoms with E-state index in [2.05, 4.69) is 16.4 Å². The normalized spacial score (nSPS) is 22.8. The second-order valence-corrected chi connectivity index (χ2v) is 9.90. The number of carbonyl (C=O) groups is 3. The van der Waals surface area contributed by atoms with Crippen LogP contribution in [0.5, 0.6) is 5.75 Å². The number of methoxy groups -OCH3 is 1. The number of likely N-dealkylation sites (tertiary alicyclic amines) is 1. The van der Waals surface area contributed by atoms with Crippen LogP contribution in [0.25, 0.3) is 10.9 Å². The zero-order valence-corrected chi connectivity index (χ0v) is 19.3. The van der Waals surface area contributed by atoms with Gasteiger partial charge in [0.05, 0.1) is 13.2 Å². The number of fused-ring (bicyclic) bond motifs is 1. The van der Waals surface area contributed by atoms with Crippen LogP contribution in [0.15, 0.2) is 24.3 Å². The summed E-state index contributed by atoms with van der Waals surface area (Å²) in [5, 5.41) is 13.2. The third-order valence-corrected chi connectivity index (χ3v) is 6.78. The number of H-pyrrole nitrogens is 1. The molecule has 1 aromatic heterocycles. The van der Waals surface area contributed by atoms with Crippen LogP contribution in [0.1, 0.15) is 56.4 Å². The van der Waals surface area contributed by atoms with E-state index in [1.165, 1.54) is 0 Å². The molecule has 2 heterocycles. The van der Waals surface area contributed by atoms with Gasteiger partial charge in [0.15, 0.2) is 0 Å². The molecule has 2 aliphatic rings. The predicted molar refractivity (Wildman–Crippen MR) is 123 cm³/mol. The number of hydrogen-bond donors (Lipinski definition) is 2. The summed E-state index contributed by atoms with van der Waals surface area (Å²) in [7, 11) is 1.58. The van der Waals surface area contributed by atoms with Crippen molar-refractivity contribution in [1.29, 1.82) is 5.26 Å². The Morgan fingerprint density at radius 1 is 1.39 bits per heavy atom. The van der Waals surface area contributed by atoms with Gasteiger partial charge in [-0.3, -0.25) is 14.4 Å². The van der Waals surface area contributed by atoms with Gasteiger partial charge in [0.2, 0.25) is 5.91 Å². The first-order valence-corrected chi connectivity index (χ1v) is 11.4. The molecule has 2 fully saturated rings. The summed E-state index contributed by atoms with van der Waals surface area (Å²) in [6.07, 6.45) is 2.97. The van der Waals surface area contributed by atoms with Crippen LogP contribution < -0.4 is 10.1 Å². The Hall–Kier alpha value is -3.34. The summed E-state index contributed by atoms with van der Waals surface area (Å²) in [4.78, 5) is 43.4. The monoisotopic (exact) mass is 450 g/mol. The lowest BCUT2D eigenvalue weighted by Crippen LogP contribution is -2.49. The molecule has 1 saturated heterocycles. The van der Waals surface area contributed by atoms with Gasteiger partial charge in [-0.15, -0.1) is 0 Å². The molecule has 4 rings (SSSR count). The Bertz CT molecular complexity index is 1130. The fraction of sp³-hybridized carbons (Fsp3) is 0.520.